The molecular weight excluding hydrogens is 268 g/mol. The Labute approximate surface area is 123 Å². The van der Waals surface area contributed by atoms with Gasteiger partial charge in [-0.3, -0.25) is 9.59 Å². The predicted molar refractivity (Wildman–Crippen MR) is 79.1 cm³/mol. The zero-order valence-electron chi connectivity index (χ0n) is 11.9. The van der Waals surface area contributed by atoms with Crippen molar-refractivity contribution < 1.29 is 14.7 Å². The first-order valence-corrected chi connectivity index (χ1v) is 7.48. The van der Waals surface area contributed by atoms with Crippen LogP contribution in [0.4, 0.5) is 5.69 Å². The molecule has 1 fully saturated rings. The highest BCUT2D eigenvalue weighted by Gasteiger charge is 2.33. The number of hydrogen-bond acceptors (Lipinski definition) is 3. The van der Waals surface area contributed by atoms with E-state index in [1.54, 1.807) is 0 Å². The third-order valence-corrected chi connectivity index (χ3v) is 4.43. The van der Waals surface area contributed by atoms with Crippen molar-refractivity contribution in [3.05, 3.63) is 29.8 Å². The van der Waals surface area contributed by atoms with Crippen LogP contribution in [0, 0.1) is 5.92 Å². The van der Waals surface area contributed by atoms with Gasteiger partial charge >= 0.3 is 5.97 Å². The molecule has 1 saturated heterocycles. The number of benzene rings is 1. The van der Waals surface area contributed by atoms with E-state index in [0.29, 0.717) is 18.9 Å². The predicted octanol–water partition coefficient (Wildman–Crippen LogP) is 1.74. The molecule has 2 atom stereocenters. The average Bonchev–Trinajstić information content (AvgIpc) is 3.11. The van der Waals surface area contributed by atoms with Gasteiger partial charge in [0.05, 0.1) is 0 Å². The second-order valence-electron chi connectivity index (χ2n) is 5.93. The standard InChI is InChI=1S/C16H20N2O3/c19-15(20)6-5-11-7-8-18(10-11)16(21)14-9-12-3-1-2-4-13(12)17-14/h1-4,11,14,17H,5-10H2,(H,19,20). The molecule has 1 amide bonds. The van der Waals surface area contributed by atoms with E-state index in [2.05, 4.69) is 11.4 Å². The van der Waals surface area contributed by atoms with E-state index in [1.807, 2.05) is 23.1 Å². The Kier molecular flexibility index (Phi) is 3.82. The Morgan fingerprint density at radius 3 is 2.90 bits per heavy atom. The lowest BCUT2D eigenvalue weighted by Crippen LogP contribution is -2.40. The number of para-hydroxylation sites is 1. The van der Waals surface area contributed by atoms with E-state index in [4.69, 9.17) is 5.11 Å². The van der Waals surface area contributed by atoms with Gasteiger partial charge in [-0.05, 0) is 30.4 Å². The molecule has 1 aromatic rings. The maximum atomic E-state index is 12.5. The molecule has 2 N–H and O–H groups in total. The van der Waals surface area contributed by atoms with E-state index in [1.165, 1.54) is 5.56 Å². The molecule has 0 aromatic heterocycles. The van der Waals surface area contributed by atoms with Gasteiger partial charge in [-0.2, -0.15) is 0 Å². The number of nitrogens with one attached hydrogen (secondary N) is 1. The van der Waals surface area contributed by atoms with Crippen molar-refractivity contribution >= 4 is 17.6 Å². The third-order valence-electron chi connectivity index (χ3n) is 4.43. The highest BCUT2D eigenvalue weighted by atomic mass is 16.4. The lowest BCUT2D eigenvalue weighted by Gasteiger charge is -2.21. The topological polar surface area (TPSA) is 69.6 Å². The Morgan fingerprint density at radius 2 is 2.14 bits per heavy atom. The van der Waals surface area contributed by atoms with Crippen LogP contribution < -0.4 is 5.32 Å². The Morgan fingerprint density at radius 1 is 1.33 bits per heavy atom. The first-order chi connectivity index (χ1) is 10.1. The minimum atomic E-state index is -0.757. The number of hydrogen-bond donors (Lipinski definition) is 2. The summed E-state index contributed by atoms with van der Waals surface area (Å²) in [5.74, 6) is -0.287. The number of anilines is 1. The van der Waals surface area contributed by atoms with E-state index in [9.17, 15) is 9.59 Å². The maximum absolute atomic E-state index is 12.5. The summed E-state index contributed by atoms with van der Waals surface area (Å²) >= 11 is 0. The molecule has 112 valence electrons. The normalized spacial score (nSPS) is 23.7. The van der Waals surface area contributed by atoms with Gasteiger partial charge in [0, 0.05) is 31.6 Å². The zero-order valence-corrected chi connectivity index (χ0v) is 11.9. The largest absolute Gasteiger partial charge is 0.481 e. The fourth-order valence-electron chi connectivity index (χ4n) is 3.26. The quantitative estimate of drug-likeness (QED) is 0.885. The summed E-state index contributed by atoms with van der Waals surface area (Å²) in [6.07, 6.45) is 2.52. The molecule has 0 saturated carbocycles. The number of likely N-dealkylation sites (tertiary alicyclic amines) is 1. The Bertz CT molecular complexity index is 533. The molecule has 0 radical (unpaired) electrons. The second-order valence-corrected chi connectivity index (χ2v) is 5.93. The molecule has 2 aliphatic heterocycles. The van der Waals surface area contributed by atoms with Gasteiger partial charge in [0.25, 0.3) is 0 Å². The summed E-state index contributed by atoms with van der Waals surface area (Å²) in [5, 5.41) is 12.0. The van der Waals surface area contributed by atoms with E-state index >= 15 is 0 Å². The molecule has 0 bridgehead atoms. The van der Waals surface area contributed by atoms with Crippen molar-refractivity contribution in [3.8, 4) is 0 Å². The monoisotopic (exact) mass is 288 g/mol. The van der Waals surface area contributed by atoms with Crippen LogP contribution in [-0.4, -0.2) is 41.0 Å². The van der Waals surface area contributed by atoms with Gasteiger partial charge in [-0.15, -0.1) is 0 Å². The summed E-state index contributed by atoms with van der Waals surface area (Å²) in [4.78, 5) is 25.0. The van der Waals surface area contributed by atoms with Crippen LogP contribution in [-0.2, 0) is 16.0 Å². The van der Waals surface area contributed by atoms with Crippen LogP contribution >= 0.6 is 0 Å². The van der Waals surface area contributed by atoms with Gasteiger partial charge < -0.3 is 15.3 Å². The molecule has 1 aromatic carbocycles. The van der Waals surface area contributed by atoms with Crippen molar-refractivity contribution in [2.24, 2.45) is 5.92 Å². The lowest BCUT2D eigenvalue weighted by molar-refractivity contribution is -0.137. The molecular formula is C16H20N2O3. The summed E-state index contributed by atoms with van der Waals surface area (Å²) in [6, 6.07) is 7.85. The molecule has 5 nitrogen and oxygen atoms in total. The van der Waals surface area contributed by atoms with Crippen molar-refractivity contribution in [2.75, 3.05) is 18.4 Å². The Hall–Kier alpha value is -2.04. The summed E-state index contributed by atoms with van der Waals surface area (Å²) in [5.41, 5.74) is 2.25. The molecule has 2 aliphatic rings. The van der Waals surface area contributed by atoms with Crippen molar-refractivity contribution in [1.82, 2.24) is 4.90 Å². The van der Waals surface area contributed by atoms with Crippen LogP contribution in [0.5, 0.6) is 0 Å². The number of aliphatic carboxylic acids is 1. The smallest absolute Gasteiger partial charge is 0.303 e. The summed E-state index contributed by atoms with van der Waals surface area (Å²) < 4.78 is 0. The van der Waals surface area contributed by atoms with E-state index in [-0.39, 0.29) is 18.4 Å². The maximum Gasteiger partial charge on any atom is 0.303 e. The molecule has 5 heteroatoms. The zero-order chi connectivity index (χ0) is 14.8. The third kappa shape index (κ3) is 3.01. The van der Waals surface area contributed by atoms with Gasteiger partial charge in [0.2, 0.25) is 5.91 Å². The first-order valence-electron chi connectivity index (χ1n) is 7.48. The number of amides is 1. The highest BCUT2D eigenvalue weighted by molar-refractivity contribution is 5.87. The highest BCUT2D eigenvalue weighted by Crippen LogP contribution is 2.28. The number of carboxylic acid groups (broad SMARTS) is 1. The lowest BCUT2D eigenvalue weighted by atomic mass is 10.0. The van der Waals surface area contributed by atoms with Crippen LogP contribution in [0.2, 0.25) is 0 Å². The van der Waals surface area contributed by atoms with Crippen molar-refractivity contribution in [2.45, 2.75) is 31.7 Å². The molecule has 0 spiro atoms. The molecule has 2 unspecified atom stereocenters. The van der Waals surface area contributed by atoms with Gasteiger partial charge in [-0.25, -0.2) is 0 Å². The molecule has 2 heterocycles. The van der Waals surface area contributed by atoms with Crippen molar-refractivity contribution in [1.29, 1.82) is 0 Å². The van der Waals surface area contributed by atoms with Gasteiger partial charge in [0.1, 0.15) is 6.04 Å². The average molecular weight is 288 g/mol. The minimum absolute atomic E-state index is 0.143. The van der Waals surface area contributed by atoms with Crippen LogP contribution in [0.3, 0.4) is 0 Å². The van der Waals surface area contributed by atoms with E-state index in [0.717, 1.165) is 25.1 Å². The number of rotatable bonds is 4. The van der Waals surface area contributed by atoms with E-state index < -0.39 is 5.97 Å². The van der Waals surface area contributed by atoms with Gasteiger partial charge in [-0.1, -0.05) is 18.2 Å². The summed E-state index contributed by atoms with van der Waals surface area (Å²) in [6.45, 7) is 1.44. The number of carbonyl (C=O) groups excluding carboxylic acids is 1. The second kappa shape index (κ2) is 5.76. The first kappa shape index (κ1) is 13.9. The number of carboxylic acids is 1. The molecule has 21 heavy (non-hydrogen) atoms. The van der Waals surface area contributed by atoms with Crippen LogP contribution in [0.1, 0.15) is 24.8 Å². The van der Waals surface area contributed by atoms with Crippen molar-refractivity contribution in [3.63, 3.8) is 0 Å². The Balaban J connectivity index is 1.55. The molecule has 3 rings (SSSR count). The fraction of sp³-hybridized carbons (Fsp3) is 0.500. The number of carbonyl (C=O) groups is 2. The number of fused-ring (bicyclic) bond motifs is 1. The van der Waals surface area contributed by atoms with Gasteiger partial charge in [0.15, 0.2) is 0 Å². The SMILES string of the molecule is O=C(O)CCC1CCN(C(=O)C2Cc3ccccc3N2)C1. The van der Waals surface area contributed by atoms with Crippen LogP contribution in [0.25, 0.3) is 0 Å². The minimum Gasteiger partial charge on any atom is -0.481 e. The van der Waals surface area contributed by atoms with Crippen LogP contribution in [0.15, 0.2) is 24.3 Å². The molecule has 0 aliphatic carbocycles. The fourth-order valence-corrected chi connectivity index (χ4v) is 3.26. The number of nitrogens with zero attached hydrogens (tertiary/aromatic N) is 1. The summed E-state index contributed by atoms with van der Waals surface area (Å²) in [7, 11) is 0.